The van der Waals surface area contributed by atoms with E-state index in [0.717, 1.165) is 18.2 Å². The van der Waals surface area contributed by atoms with Gasteiger partial charge in [-0.1, -0.05) is 12.1 Å². The second-order valence-electron chi connectivity index (χ2n) is 6.05. The highest BCUT2D eigenvalue weighted by Crippen LogP contribution is 2.34. The molecule has 30 heavy (non-hydrogen) atoms. The van der Waals surface area contributed by atoms with Crippen LogP contribution in [0.1, 0.15) is 18.1 Å². The summed E-state index contributed by atoms with van der Waals surface area (Å²) in [6.45, 7) is 1.26. The normalized spacial score (nSPS) is 12.3. The van der Waals surface area contributed by atoms with Gasteiger partial charge in [-0.3, -0.25) is 4.79 Å². The van der Waals surface area contributed by atoms with Crippen LogP contribution < -0.4 is 14.8 Å². The zero-order valence-corrected chi connectivity index (χ0v) is 16.4. The molecule has 0 aliphatic carbocycles. The van der Waals surface area contributed by atoms with Crippen molar-refractivity contribution in [2.45, 2.75) is 19.2 Å². The number of ether oxygens (including phenoxy) is 3. The van der Waals surface area contributed by atoms with Crippen molar-refractivity contribution in [2.75, 3.05) is 19.5 Å². The van der Waals surface area contributed by atoms with Crippen LogP contribution in [-0.2, 0) is 20.5 Å². The van der Waals surface area contributed by atoms with Crippen LogP contribution in [0.5, 0.6) is 11.5 Å². The van der Waals surface area contributed by atoms with E-state index in [2.05, 4.69) is 5.32 Å². The molecule has 0 aliphatic rings. The van der Waals surface area contributed by atoms with Crippen molar-refractivity contribution in [1.82, 2.24) is 0 Å². The minimum absolute atomic E-state index is 0.420. The number of rotatable bonds is 7. The Hall–Kier alpha value is -3.49. The van der Waals surface area contributed by atoms with E-state index in [1.165, 1.54) is 39.4 Å². The summed E-state index contributed by atoms with van der Waals surface area (Å²) in [7, 11) is 2.96. The molecule has 0 saturated heterocycles. The number of hydrogen-bond acceptors (Lipinski definition) is 5. The summed E-state index contributed by atoms with van der Waals surface area (Å²) in [4.78, 5) is 24.2. The molecule has 2 aromatic carbocycles. The number of carbonyl (C=O) groups is 2. The Morgan fingerprint density at radius 2 is 1.77 bits per heavy atom. The van der Waals surface area contributed by atoms with Gasteiger partial charge < -0.3 is 19.5 Å². The average Bonchev–Trinajstić information content (AvgIpc) is 2.71. The van der Waals surface area contributed by atoms with Crippen molar-refractivity contribution >= 4 is 23.6 Å². The molecular weight excluding hydrogens is 403 g/mol. The number of alkyl halides is 3. The molecule has 9 heteroatoms. The molecule has 1 atom stereocenters. The summed E-state index contributed by atoms with van der Waals surface area (Å²) in [6.07, 6.45) is -3.45. The van der Waals surface area contributed by atoms with Gasteiger partial charge in [-0.15, -0.1) is 0 Å². The molecule has 0 heterocycles. The first-order chi connectivity index (χ1) is 14.2. The van der Waals surface area contributed by atoms with E-state index < -0.39 is 35.4 Å². The minimum atomic E-state index is -4.63. The Bertz CT molecular complexity index is 940. The predicted molar refractivity (Wildman–Crippen MR) is 104 cm³/mol. The Balaban J connectivity index is 2.03. The fourth-order valence-electron chi connectivity index (χ4n) is 2.45. The zero-order chi connectivity index (χ0) is 22.3. The molecule has 2 rings (SSSR count). The van der Waals surface area contributed by atoms with Crippen molar-refractivity contribution in [3.05, 3.63) is 59.7 Å². The molecule has 0 saturated carbocycles. The summed E-state index contributed by atoms with van der Waals surface area (Å²) in [5, 5.41) is 2.13. The van der Waals surface area contributed by atoms with Crippen molar-refractivity contribution in [3.63, 3.8) is 0 Å². The average molecular weight is 423 g/mol. The van der Waals surface area contributed by atoms with Gasteiger partial charge in [-0.2, -0.15) is 13.2 Å². The van der Waals surface area contributed by atoms with Crippen molar-refractivity contribution in [2.24, 2.45) is 0 Å². The second kappa shape index (κ2) is 9.82. The summed E-state index contributed by atoms with van der Waals surface area (Å²) < 4.78 is 54.3. The lowest BCUT2D eigenvalue weighted by Crippen LogP contribution is -2.30. The van der Waals surface area contributed by atoms with Crippen LogP contribution in [0.2, 0.25) is 0 Å². The number of carbonyl (C=O) groups excluding carboxylic acids is 2. The number of anilines is 1. The fraction of sp³-hybridized carbons (Fsp3) is 0.238. The highest BCUT2D eigenvalue weighted by atomic mass is 19.4. The third-order valence-corrected chi connectivity index (χ3v) is 3.99. The molecule has 2 aromatic rings. The topological polar surface area (TPSA) is 73.9 Å². The van der Waals surface area contributed by atoms with E-state index in [0.29, 0.717) is 17.1 Å². The van der Waals surface area contributed by atoms with Gasteiger partial charge in [0.1, 0.15) is 11.5 Å². The maximum atomic E-state index is 13.0. The van der Waals surface area contributed by atoms with Crippen LogP contribution in [0.25, 0.3) is 6.08 Å². The number of hydrogen-bond donors (Lipinski definition) is 1. The van der Waals surface area contributed by atoms with E-state index in [9.17, 15) is 22.8 Å². The quantitative estimate of drug-likeness (QED) is 0.531. The Morgan fingerprint density at radius 3 is 2.40 bits per heavy atom. The molecule has 0 bridgehead atoms. The number of methoxy groups -OCH3 is 2. The molecule has 160 valence electrons. The van der Waals surface area contributed by atoms with Crippen molar-refractivity contribution in [1.29, 1.82) is 0 Å². The molecule has 0 fully saturated rings. The second-order valence-corrected chi connectivity index (χ2v) is 6.05. The standard InChI is InChI=1S/C21H20F3NO5/c1-13(20(27)25-17-7-5-4-6-16(17)21(22,23)24)30-19(26)11-9-14-8-10-15(28-2)12-18(14)29-3/h4-13H,1-3H3,(H,25,27). The lowest BCUT2D eigenvalue weighted by molar-refractivity contribution is -0.148. The zero-order valence-electron chi connectivity index (χ0n) is 16.4. The first-order valence-electron chi connectivity index (χ1n) is 8.73. The van der Waals surface area contributed by atoms with E-state index in [1.54, 1.807) is 18.2 Å². The van der Waals surface area contributed by atoms with Gasteiger partial charge in [0, 0.05) is 17.7 Å². The summed E-state index contributed by atoms with van der Waals surface area (Å²) in [5.41, 5.74) is -0.855. The predicted octanol–water partition coefficient (Wildman–Crippen LogP) is 4.31. The molecular formula is C21H20F3NO5. The summed E-state index contributed by atoms with van der Waals surface area (Å²) >= 11 is 0. The van der Waals surface area contributed by atoms with Crippen molar-refractivity contribution < 1.29 is 37.0 Å². The van der Waals surface area contributed by atoms with E-state index in [1.807, 2.05) is 0 Å². The first kappa shape index (κ1) is 22.8. The number of para-hydroxylation sites is 1. The van der Waals surface area contributed by atoms with Crippen LogP contribution in [0.3, 0.4) is 0 Å². The van der Waals surface area contributed by atoms with Gasteiger partial charge in [0.15, 0.2) is 6.10 Å². The maximum absolute atomic E-state index is 13.0. The Kier molecular flexibility index (Phi) is 7.46. The number of benzene rings is 2. The van der Waals surface area contributed by atoms with Gasteiger partial charge in [0.2, 0.25) is 0 Å². The van der Waals surface area contributed by atoms with E-state index in [-0.39, 0.29) is 0 Å². The van der Waals surface area contributed by atoms with Gasteiger partial charge in [0.05, 0.1) is 25.5 Å². The minimum Gasteiger partial charge on any atom is -0.497 e. The molecule has 0 radical (unpaired) electrons. The highest BCUT2D eigenvalue weighted by Gasteiger charge is 2.34. The number of halogens is 3. The smallest absolute Gasteiger partial charge is 0.418 e. The lowest BCUT2D eigenvalue weighted by atomic mass is 10.1. The molecule has 0 spiro atoms. The van der Waals surface area contributed by atoms with Crippen LogP contribution in [0, 0.1) is 0 Å². The monoisotopic (exact) mass is 423 g/mol. The van der Waals surface area contributed by atoms with Crippen LogP contribution >= 0.6 is 0 Å². The van der Waals surface area contributed by atoms with Gasteiger partial charge in [-0.25, -0.2) is 4.79 Å². The van der Waals surface area contributed by atoms with E-state index in [4.69, 9.17) is 14.2 Å². The van der Waals surface area contributed by atoms with Crippen LogP contribution in [0.4, 0.5) is 18.9 Å². The van der Waals surface area contributed by atoms with Crippen molar-refractivity contribution in [3.8, 4) is 11.5 Å². The SMILES string of the molecule is COc1ccc(C=CC(=O)OC(C)C(=O)Nc2ccccc2C(F)(F)F)c(OC)c1. The first-order valence-corrected chi connectivity index (χ1v) is 8.73. The molecule has 0 aromatic heterocycles. The van der Waals surface area contributed by atoms with E-state index >= 15 is 0 Å². The molecule has 1 amide bonds. The summed E-state index contributed by atoms with van der Waals surface area (Å²) in [5.74, 6) is -0.723. The van der Waals surface area contributed by atoms with Gasteiger partial charge in [-0.05, 0) is 37.3 Å². The molecule has 1 N–H and O–H groups in total. The number of nitrogens with one attached hydrogen (secondary N) is 1. The molecule has 1 unspecified atom stereocenters. The largest absolute Gasteiger partial charge is 0.497 e. The lowest BCUT2D eigenvalue weighted by Gasteiger charge is -2.16. The Morgan fingerprint density at radius 1 is 1.07 bits per heavy atom. The third-order valence-electron chi connectivity index (χ3n) is 3.99. The highest BCUT2D eigenvalue weighted by molar-refractivity contribution is 5.97. The van der Waals surface area contributed by atoms with Crippen LogP contribution in [-0.4, -0.2) is 32.2 Å². The Labute approximate surface area is 171 Å². The van der Waals surface area contributed by atoms with Gasteiger partial charge >= 0.3 is 12.1 Å². The number of amides is 1. The van der Waals surface area contributed by atoms with Gasteiger partial charge in [0.25, 0.3) is 5.91 Å². The number of esters is 1. The van der Waals surface area contributed by atoms with Crippen LogP contribution in [0.15, 0.2) is 48.5 Å². The maximum Gasteiger partial charge on any atom is 0.418 e. The third kappa shape index (κ3) is 6.00. The molecule has 6 nitrogen and oxygen atoms in total. The summed E-state index contributed by atoms with van der Waals surface area (Å²) in [6, 6.07) is 9.47. The fourth-order valence-corrected chi connectivity index (χ4v) is 2.45. The molecule has 0 aliphatic heterocycles.